The van der Waals surface area contributed by atoms with Crippen LogP contribution < -0.4 is 10.1 Å². The van der Waals surface area contributed by atoms with E-state index < -0.39 is 16.1 Å². The molecule has 1 saturated carbocycles. The van der Waals surface area contributed by atoms with Crippen LogP contribution in [0.15, 0.2) is 71.6 Å². The fourth-order valence-corrected chi connectivity index (χ4v) is 5.63. The normalized spacial score (nSPS) is 14.4. The van der Waals surface area contributed by atoms with Crippen LogP contribution >= 0.6 is 0 Å². The summed E-state index contributed by atoms with van der Waals surface area (Å²) in [6.45, 7) is 1.46. The average molecular weight is 509 g/mol. The molecule has 0 heterocycles. The summed E-state index contributed by atoms with van der Waals surface area (Å²) in [6.07, 6.45) is 5.06. The van der Waals surface area contributed by atoms with Crippen LogP contribution in [0.5, 0.6) is 0 Å². The molecule has 8 nitrogen and oxygen atoms in total. The number of rotatable bonds is 7. The lowest BCUT2D eigenvalue weighted by molar-refractivity contribution is -0.114. The van der Waals surface area contributed by atoms with Crippen molar-refractivity contribution in [2.75, 3.05) is 12.4 Å². The van der Waals surface area contributed by atoms with Crippen molar-refractivity contribution in [3.8, 4) is 0 Å². The molecule has 0 spiro atoms. The molecule has 3 aromatic rings. The fraction of sp³-hybridized carbons (Fsp3) is 0.333. The largest absolute Gasteiger partial charge is 0.335 e. The number of benzene rings is 3. The van der Waals surface area contributed by atoms with Gasteiger partial charge in [-0.15, -0.1) is 4.83 Å². The van der Waals surface area contributed by atoms with Gasteiger partial charge in [-0.2, -0.15) is 0 Å². The number of nitrogens with zero attached hydrogens (tertiary/aromatic N) is 2. The molecule has 3 aromatic carbocycles. The van der Waals surface area contributed by atoms with Gasteiger partial charge in [0.2, 0.25) is 5.91 Å². The highest BCUT2D eigenvalue weighted by Crippen LogP contribution is 2.24. The molecule has 0 unspecified atom stereocenters. The SMILES string of the molecule is CC(=O)Nc1ccc(CN(NS(=O)(=O)c2ccc3ccccc3c2)C(=O)N(C)C2CCCCC2)cc1. The molecule has 36 heavy (non-hydrogen) atoms. The second-order valence-corrected chi connectivity index (χ2v) is 10.9. The average Bonchev–Trinajstić information content (AvgIpc) is 2.88. The number of fused-ring (bicyclic) bond motifs is 1. The lowest BCUT2D eigenvalue weighted by Crippen LogP contribution is -2.53. The van der Waals surface area contributed by atoms with Gasteiger partial charge in [-0.25, -0.2) is 18.2 Å². The van der Waals surface area contributed by atoms with Crippen LogP contribution in [-0.4, -0.2) is 43.4 Å². The Bertz CT molecular complexity index is 1340. The minimum atomic E-state index is -4.03. The van der Waals surface area contributed by atoms with Crippen molar-refractivity contribution in [3.05, 3.63) is 72.3 Å². The number of carbonyl (C=O) groups is 2. The number of anilines is 1. The van der Waals surface area contributed by atoms with Crippen molar-refractivity contribution in [1.29, 1.82) is 0 Å². The quantitative estimate of drug-likeness (QED) is 0.445. The third-order valence-corrected chi connectivity index (χ3v) is 7.87. The smallest absolute Gasteiger partial charge is 0.326 e. The van der Waals surface area contributed by atoms with Crippen LogP contribution in [0.3, 0.4) is 0 Å². The van der Waals surface area contributed by atoms with E-state index in [1.807, 2.05) is 24.3 Å². The molecule has 0 bridgehead atoms. The van der Waals surface area contributed by atoms with Gasteiger partial charge in [-0.1, -0.05) is 61.7 Å². The van der Waals surface area contributed by atoms with Crippen molar-refractivity contribution in [1.82, 2.24) is 14.7 Å². The maximum absolute atomic E-state index is 13.5. The van der Waals surface area contributed by atoms with E-state index >= 15 is 0 Å². The van der Waals surface area contributed by atoms with Crippen molar-refractivity contribution < 1.29 is 18.0 Å². The van der Waals surface area contributed by atoms with Crippen molar-refractivity contribution in [2.45, 2.75) is 56.5 Å². The van der Waals surface area contributed by atoms with Crippen LogP contribution in [-0.2, 0) is 21.4 Å². The maximum atomic E-state index is 13.5. The zero-order valence-electron chi connectivity index (χ0n) is 20.6. The standard InChI is InChI=1S/C27H32N4O4S/c1-20(32)28-24-15-12-21(13-16-24)19-31(27(33)30(2)25-10-4-3-5-11-25)29-36(34,35)26-17-14-22-8-6-7-9-23(22)18-26/h6-9,12-18,25,29H,3-5,10-11,19H2,1-2H3,(H,28,32). The Morgan fingerprint density at radius 1 is 0.917 bits per heavy atom. The van der Waals surface area contributed by atoms with Crippen molar-refractivity contribution >= 4 is 38.4 Å². The van der Waals surface area contributed by atoms with E-state index in [1.54, 1.807) is 54.4 Å². The van der Waals surface area contributed by atoms with E-state index in [4.69, 9.17) is 0 Å². The number of carbonyl (C=O) groups excluding carboxylic acids is 2. The molecule has 3 amide bonds. The third-order valence-electron chi connectivity index (χ3n) is 6.53. The number of sulfonamides is 1. The molecule has 190 valence electrons. The van der Waals surface area contributed by atoms with E-state index in [0.29, 0.717) is 5.69 Å². The highest BCUT2D eigenvalue weighted by Gasteiger charge is 2.29. The summed E-state index contributed by atoms with van der Waals surface area (Å²) in [4.78, 5) is 29.1. The van der Waals surface area contributed by atoms with Crippen LogP contribution in [0.4, 0.5) is 10.5 Å². The Hall–Kier alpha value is -3.43. The summed E-state index contributed by atoms with van der Waals surface area (Å²) in [5, 5.41) is 5.59. The molecular weight excluding hydrogens is 476 g/mol. The summed E-state index contributed by atoms with van der Waals surface area (Å²) in [5.41, 5.74) is 1.34. The maximum Gasteiger partial charge on any atom is 0.335 e. The first-order chi connectivity index (χ1) is 17.2. The monoisotopic (exact) mass is 508 g/mol. The number of hydrazine groups is 1. The summed E-state index contributed by atoms with van der Waals surface area (Å²) in [7, 11) is -2.30. The Morgan fingerprint density at radius 3 is 2.25 bits per heavy atom. The predicted octanol–water partition coefficient (Wildman–Crippen LogP) is 4.88. The number of amides is 3. The minimum Gasteiger partial charge on any atom is -0.326 e. The van der Waals surface area contributed by atoms with Crippen LogP contribution in [0.25, 0.3) is 10.8 Å². The van der Waals surface area contributed by atoms with Gasteiger partial charge in [-0.3, -0.25) is 4.79 Å². The Labute approximate surface area is 212 Å². The zero-order valence-corrected chi connectivity index (χ0v) is 21.4. The summed E-state index contributed by atoms with van der Waals surface area (Å²) >= 11 is 0. The molecule has 1 aliphatic carbocycles. The molecular formula is C27H32N4O4S. The number of urea groups is 1. The molecule has 0 radical (unpaired) electrons. The Morgan fingerprint density at radius 2 is 1.58 bits per heavy atom. The number of hydrogen-bond donors (Lipinski definition) is 2. The molecule has 0 atom stereocenters. The van der Waals surface area contributed by atoms with Crippen LogP contribution in [0.1, 0.15) is 44.6 Å². The Kier molecular flexibility index (Phi) is 7.91. The molecule has 2 N–H and O–H groups in total. The van der Waals surface area contributed by atoms with Crippen LogP contribution in [0.2, 0.25) is 0 Å². The highest BCUT2D eigenvalue weighted by molar-refractivity contribution is 7.89. The zero-order chi connectivity index (χ0) is 25.7. The predicted molar refractivity (Wildman–Crippen MR) is 141 cm³/mol. The minimum absolute atomic E-state index is 0.0308. The van der Waals surface area contributed by atoms with Crippen LogP contribution in [0, 0.1) is 0 Å². The van der Waals surface area contributed by atoms with Gasteiger partial charge >= 0.3 is 6.03 Å². The van der Waals surface area contributed by atoms with E-state index in [2.05, 4.69) is 10.1 Å². The second kappa shape index (κ2) is 11.1. The highest BCUT2D eigenvalue weighted by atomic mass is 32.2. The van der Waals surface area contributed by atoms with Gasteiger partial charge in [0, 0.05) is 25.7 Å². The first-order valence-corrected chi connectivity index (χ1v) is 13.6. The first-order valence-electron chi connectivity index (χ1n) is 12.1. The van der Waals surface area contributed by atoms with E-state index in [-0.39, 0.29) is 23.4 Å². The van der Waals surface area contributed by atoms with Gasteiger partial charge in [0.05, 0.1) is 11.4 Å². The third kappa shape index (κ3) is 6.22. The number of nitrogens with one attached hydrogen (secondary N) is 2. The van der Waals surface area contributed by atoms with E-state index in [0.717, 1.165) is 53.4 Å². The molecule has 0 aromatic heterocycles. The second-order valence-electron chi connectivity index (χ2n) is 9.25. The van der Waals surface area contributed by atoms with Crippen molar-refractivity contribution in [3.63, 3.8) is 0 Å². The van der Waals surface area contributed by atoms with Crippen molar-refractivity contribution in [2.24, 2.45) is 0 Å². The molecule has 0 aliphatic heterocycles. The lowest BCUT2D eigenvalue weighted by atomic mass is 9.95. The first kappa shape index (κ1) is 25.7. The van der Waals surface area contributed by atoms with Gasteiger partial charge < -0.3 is 10.2 Å². The Balaban J connectivity index is 1.60. The molecule has 4 rings (SSSR count). The molecule has 0 saturated heterocycles. The van der Waals surface area contributed by atoms with Gasteiger partial charge in [0.1, 0.15) is 0 Å². The van der Waals surface area contributed by atoms with Gasteiger partial charge in [-0.05, 0) is 53.4 Å². The lowest BCUT2D eigenvalue weighted by Gasteiger charge is -2.35. The number of hydrogen-bond acceptors (Lipinski definition) is 4. The van der Waals surface area contributed by atoms with E-state index in [1.165, 1.54) is 6.92 Å². The van der Waals surface area contributed by atoms with Gasteiger partial charge in [0.25, 0.3) is 10.0 Å². The fourth-order valence-electron chi connectivity index (χ4n) is 4.57. The van der Waals surface area contributed by atoms with E-state index in [9.17, 15) is 18.0 Å². The topological polar surface area (TPSA) is 98.8 Å². The summed E-state index contributed by atoms with van der Waals surface area (Å²) < 4.78 is 26.8. The van der Waals surface area contributed by atoms with Gasteiger partial charge in [0.15, 0.2) is 0 Å². The molecule has 1 aliphatic rings. The summed E-state index contributed by atoms with van der Waals surface area (Å²) in [5.74, 6) is -0.184. The molecule has 9 heteroatoms. The molecule has 1 fully saturated rings. The summed E-state index contributed by atoms with van der Waals surface area (Å²) in [6, 6.07) is 19.1.